The van der Waals surface area contributed by atoms with Gasteiger partial charge in [0.1, 0.15) is 5.78 Å². The first-order chi connectivity index (χ1) is 7.81. The summed E-state index contributed by atoms with van der Waals surface area (Å²) in [5.74, 6) is 2.89. The second kappa shape index (κ2) is 5.84. The molecule has 92 valence electrons. The van der Waals surface area contributed by atoms with Crippen molar-refractivity contribution in [2.24, 2.45) is 17.8 Å². The summed E-state index contributed by atoms with van der Waals surface area (Å²) in [5.41, 5.74) is 0. The average Bonchev–Trinajstić information content (AvgIpc) is 2.35. The number of rotatable bonds is 4. The molecule has 1 nitrogen and oxygen atoms in total. The SMILES string of the molecule is CCCCC(=O)C1CCC2CCCCC2C1. The predicted molar refractivity (Wildman–Crippen MR) is 67.3 cm³/mol. The topological polar surface area (TPSA) is 17.1 Å². The maximum absolute atomic E-state index is 12.0. The molecule has 0 heterocycles. The van der Waals surface area contributed by atoms with Crippen LogP contribution in [-0.2, 0) is 4.79 Å². The molecule has 0 aromatic heterocycles. The maximum atomic E-state index is 12.0. The van der Waals surface area contributed by atoms with Gasteiger partial charge in [-0.25, -0.2) is 0 Å². The number of Topliss-reactive ketones (excluding diaryl/α,β-unsaturated/α-hetero) is 1. The Morgan fingerprint density at radius 3 is 2.56 bits per heavy atom. The number of hydrogen-bond donors (Lipinski definition) is 0. The Hall–Kier alpha value is -0.330. The zero-order valence-corrected chi connectivity index (χ0v) is 10.7. The van der Waals surface area contributed by atoms with Crippen molar-refractivity contribution in [3.8, 4) is 0 Å². The molecule has 0 saturated heterocycles. The van der Waals surface area contributed by atoms with E-state index >= 15 is 0 Å². The molecule has 2 aliphatic carbocycles. The monoisotopic (exact) mass is 222 g/mol. The highest BCUT2D eigenvalue weighted by atomic mass is 16.1. The summed E-state index contributed by atoms with van der Waals surface area (Å²) in [6.45, 7) is 2.17. The number of carbonyl (C=O) groups excluding carboxylic acids is 1. The Morgan fingerprint density at radius 2 is 1.81 bits per heavy atom. The van der Waals surface area contributed by atoms with Crippen LogP contribution in [0.2, 0.25) is 0 Å². The van der Waals surface area contributed by atoms with Gasteiger partial charge in [-0.05, 0) is 37.5 Å². The lowest BCUT2D eigenvalue weighted by Gasteiger charge is -2.38. The fraction of sp³-hybridized carbons (Fsp3) is 0.933. The summed E-state index contributed by atoms with van der Waals surface area (Å²) >= 11 is 0. The van der Waals surface area contributed by atoms with E-state index in [1.807, 2.05) is 0 Å². The van der Waals surface area contributed by atoms with Crippen molar-refractivity contribution in [1.29, 1.82) is 0 Å². The van der Waals surface area contributed by atoms with Crippen LogP contribution in [0.5, 0.6) is 0 Å². The molecule has 0 aromatic carbocycles. The standard InChI is InChI=1S/C15H26O/c1-2-3-8-15(16)14-10-9-12-6-4-5-7-13(12)11-14/h12-14H,2-11H2,1H3. The predicted octanol–water partition coefficient (Wildman–Crippen LogP) is 4.35. The van der Waals surface area contributed by atoms with Crippen molar-refractivity contribution in [1.82, 2.24) is 0 Å². The van der Waals surface area contributed by atoms with E-state index in [4.69, 9.17) is 0 Å². The van der Waals surface area contributed by atoms with E-state index in [2.05, 4.69) is 6.92 Å². The van der Waals surface area contributed by atoms with E-state index < -0.39 is 0 Å². The highest BCUT2D eigenvalue weighted by Crippen LogP contribution is 2.43. The molecular formula is C15H26O. The van der Waals surface area contributed by atoms with Gasteiger partial charge in [0.2, 0.25) is 0 Å². The van der Waals surface area contributed by atoms with Gasteiger partial charge in [0.05, 0.1) is 0 Å². The quantitative estimate of drug-likeness (QED) is 0.691. The van der Waals surface area contributed by atoms with Crippen LogP contribution in [0.3, 0.4) is 0 Å². The van der Waals surface area contributed by atoms with Crippen molar-refractivity contribution in [2.75, 3.05) is 0 Å². The molecule has 16 heavy (non-hydrogen) atoms. The van der Waals surface area contributed by atoms with E-state index in [1.54, 1.807) is 0 Å². The van der Waals surface area contributed by atoms with Crippen molar-refractivity contribution >= 4 is 5.78 Å². The first kappa shape index (κ1) is 12.1. The van der Waals surface area contributed by atoms with Gasteiger partial charge >= 0.3 is 0 Å². The Bertz CT molecular complexity index is 234. The molecule has 0 bridgehead atoms. The van der Waals surface area contributed by atoms with Gasteiger partial charge in [0.15, 0.2) is 0 Å². The minimum Gasteiger partial charge on any atom is -0.299 e. The molecule has 3 atom stereocenters. The van der Waals surface area contributed by atoms with Crippen LogP contribution in [0.25, 0.3) is 0 Å². The highest BCUT2D eigenvalue weighted by Gasteiger charge is 2.34. The van der Waals surface area contributed by atoms with E-state index in [9.17, 15) is 4.79 Å². The van der Waals surface area contributed by atoms with E-state index in [-0.39, 0.29) is 0 Å². The molecule has 2 saturated carbocycles. The fourth-order valence-electron chi connectivity index (χ4n) is 3.72. The molecule has 0 spiro atoms. The lowest BCUT2D eigenvalue weighted by molar-refractivity contribution is -0.125. The molecule has 2 fully saturated rings. The molecule has 2 rings (SSSR count). The molecule has 2 aliphatic rings. The first-order valence-corrected chi connectivity index (χ1v) is 7.34. The summed E-state index contributed by atoms with van der Waals surface area (Å²) in [6.07, 6.45) is 12.6. The van der Waals surface area contributed by atoms with Gasteiger partial charge in [0, 0.05) is 12.3 Å². The van der Waals surface area contributed by atoms with Crippen LogP contribution in [0.4, 0.5) is 0 Å². The second-order valence-corrected chi connectivity index (χ2v) is 5.88. The second-order valence-electron chi connectivity index (χ2n) is 5.88. The third-order valence-corrected chi connectivity index (χ3v) is 4.77. The van der Waals surface area contributed by atoms with Crippen LogP contribution in [0, 0.1) is 17.8 Å². The van der Waals surface area contributed by atoms with Crippen molar-refractivity contribution in [3.63, 3.8) is 0 Å². The zero-order chi connectivity index (χ0) is 11.4. The highest BCUT2D eigenvalue weighted by molar-refractivity contribution is 5.81. The minimum atomic E-state index is 0.436. The average molecular weight is 222 g/mol. The van der Waals surface area contributed by atoms with Gasteiger partial charge in [-0.1, -0.05) is 39.0 Å². The van der Waals surface area contributed by atoms with Gasteiger partial charge in [-0.3, -0.25) is 4.79 Å². The summed E-state index contributed by atoms with van der Waals surface area (Å²) in [4.78, 5) is 12.0. The van der Waals surface area contributed by atoms with Crippen LogP contribution in [0.15, 0.2) is 0 Å². The number of carbonyl (C=O) groups is 1. The molecule has 1 heteroatoms. The van der Waals surface area contributed by atoms with Crippen molar-refractivity contribution in [3.05, 3.63) is 0 Å². The summed E-state index contributed by atoms with van der Waals surface area (Å²) < 4.78 is 0. The number of unbranched alkanes of at least 4 members (excludes halogenated alkanes) is 1. The molecule has 0 aliphatic heterocycles. The largest absolute Gasteiger partial charge is 0.299 e. The summed E-state index contributed by atoms with van der Waals surface area (Å²) in [6, 6.07) is 0. The minimum absolute atomic E-state index is 0.436. The van der Waals surface area contributed by atoms with Gasteiger partial charge in [-0.15, -0.1) is 0 Å². The van der Waals surface area contributed by atoms with Crippen molar-refractivity contribution < 1.29 is 4.79 Å². The first-order valence-electron chi connectivity index (χ1n) is 7.34. The van der Waals surface area contributed by atoms with E-state index in [0.717, 1.165) is 31.1 Å². The Morgan fingerprint density at radius 1 is 1.06 bits per heavy atom. The number of hydrogen-bond acceptors (Lipinski definition) is 1. The van der Waals surface area contributed by atoms with Gasteiger partial charge < -0.3 is 0 Å². The normalized spacial score (nSPS) is 34.4. The Balaban J connectivity index is 1.82. The third kappa shape index (κ3) is 2.87. The molecular weight excluding hydrogens is 196 g/mol. The smallest absolute Gasteiger partial charge is 0.135 e. The fourth-order valence-corrected chi connectivity index (χ4v) is 3.72. The molecule has 0 N–H and O–H groups in total. The van der Waals surface area contributed by atoms with Crippen LogP contribution in [-0.4, -0.2) is 5.78 Å². The van der Waals surface area contributed by atoms with Crippen LogP contribution >= 0.6 is 0 Å². The lowest BCUT2D eigenvalue weighted by atomic mass is 9.66. The Labute approximate surface area is 100.0 Å². The number of fused-ring (bicyclic) bond motifs is 1. The molecule has 0 amide bonds. The maximum Gasteiger partial charge on any atom is 0.135 e. The van der Waals surface area contributed by atoms with Gasteiger partial charge in [0.25, 0.3) is 0 Å². The van der Waals surface area contributed by atoms with Crippen molar-refractivity contribution in [2.45, 2.75) is 71.1 Å². The van der Waals surface area contributed by atoms with Gasteiger partial charge in [-0.2, -0.15) is 0 Å². The van der Waals surface area contributed by atoms with Crippen LogP contribution < -0.4 is 0 Å². The van der Waals surface area contributed by atoms with E-state index in [1.165, 1.54) is 44.9 Å². The number of ketones is 1. The zero-order valence-electron chi connectivity index (χ0n) is 10.7. The molecule has 0 aromatic rings. The van der Waals surface area contributed by atoms with Crippen LogP contribution in [0.1, 0.15) is 71.1 Å². The molecule has 3 unspecified atom stereocenters. The van der Waals surface area contributed by atoms with E-state index in [0.29, 0.717) is 11.7 Å². The lowest BCUT2D eigenvalue weighted by Crippen LogP contribution is -2.31. The summed E-state index contributed by atoms with van der Waals surface area (Å²) in [7, 11) is 0. The third-order valence-electron chi connectivity index (χ3n) is 4.77. The summed E-state index contributed by atoms with van der Waals surface area (Å²) in [5, 5.41) is 0. The Kier molecular flexibility index (Phi) is 4.43. The molecule has 0 radical (unpaired) electrons.